The third kappa shape index (κ3) is 3.35. The average Bonchev–Trinajstić information content (AvgIpc) is 2.94. The van der Waals surface area contributed by atoms with Gasteiger partial charge < -0.3 is 15.4 Å². The van der Waals surface area contributed by atoms with E-state index in [4.69, 9.17) is 15.4 Å². The van der Waals surface area contributed by atoms with Gasteiger partial charge in [-0.3, -0.25) is 9.69 Å². The van der Waals surface area contributed by atoms with Gasteiger partial charge in [0.15, 0.2) is 0 Å². The molecule has 0 aliphatic carbocycles. The van der Waals surface area contributed by atoms with Gasteiger partial charge in [-0.2, -0.15) is 0 Å². The summed E-state index contributed by atoms with van der Waals surface area (Å²) in [4.78, 5) is 13.1. The van der Waals surface area contributed by atoms with E-state index in [1.54, 1.807) is 6.07 Å². The van der Waals surface area contributed by atoms with E-state index in [1.807, 2.05) is 0 Å². The molecule has 1 atom stereocenters. The predicted octanol–water partition coefficient (Wildman–Crippen LogP) is 1.19. The topological polar surface area (TPSA) is 92.6 Å². The molecule has 6 nitrogen and oxygen atoms in total. The Labute approximate surface area is 128 Å². The minimum absolute atomic E-state index is 0.158. The van der Waals surface area contributed by atoms with E-state index in [9.17, 15) is 4.79 Å². The standard InChI is InChI=1S/C16H19N3O3/c17-15(16(20)21)8-14-7-13(18-22-14)10-19-6-5-11-3-1-2-4-12(11)9-19/h1-4,7,15H,5-6,8-10,17H2,(H,20,21)/t15-/m0/s1. The quantitative estimate of drug-likeness (QED) is 0.861. The highest BCUT2D eigenvalue weighted by molar-refractivity contribution is 5.73. The summed E-state index contributed by atoms with van der Waals surface area (Å²) < 4.78 is 5.18. The van der Waals surface area contributed by atoms with Crippen LogP contribution < -0.4 is 5.73 Å². The Kier molecular flexibility index (Phi) is 4.22. The van der Waals surface area contributed by atoms with Crippen molar-refractivity contribution in [3.63, 3.8) is 0 Å². The lowest BCUT2D eigenvalue weighted by Gasteiger charge is -2.27. The van der Waals surface area contributed by atoms with Gasteiger partial charge in [-0.1, -0.05) is 29.4 Å². The summed E-state index contributed by atoms with van der Waals surface area (Å²) in [5.41, 5.74) is 9.07. The number of carboxylic acids is 1. The molecule has 0 fully saturated rings. The van der Waals surface area contributed by atoms with Gasteiger partial charge in [0.2, 0.25) is 0 Å². The minimum atomic E-state index is -1.04. The van der Waals surface area contributed by atoms with E-state index in [0.29, 0.717) is 12.3 Å². The van der Waals surface area contributed by atoms with Crippen LogP contribution in [0, 0.1) is 0 Å². The first-order valence-electron chi connectivity index (χ1n) is 7.34. The van der Waals surface area contributed by atoms with Gasteiger partial charge in [0.1, 0.15) is 11.8 Å². The number of carbonyl (C=O) groups is 1. The molecule has 6 heteroatoms. The van der Waals surface area contributed by atoms with Crippen molar-refractivity contribution in [3.8, 4) is 0 Å². The molecule has 0 amide bonds. The van der Waals surface area contributed by atoms with Crippen LogP contribution in [0.2, 0.25) is 0 Å². The van der Waals surface area contributed by atoms with E-state index in [-0.39, 0.29) is 6.42 Å². The molecule has 0 spiro atoms. The van der Waals surface area contributed by atoms with E-state index in [1.165, 1.54) is 11.1 Å². The molecule has 1 aliphatic heterocycles. The van der Waals surface area contributed by atoms with Gasteiger partial charge in [-0.15, -0.1) is 0 Å². The van der Waals surface area contributed by atoms with Crippen LogP contribution >= 0.6 is 0 Å². The summed E-state index contributed by atoms with van der Waals surface area (Å²) in [6.45, 7) is 2.57. The maximum Gasteiger partial charge on any atom is 0.320 e. The van der Waals surface area contributed by atoms with E-state index < -0.39 is 12.0 Å². The van der Waals surface area contributed by atoms with Crippen LogP contribution in [-0.4, -0.2) is 33.7 Å². The lowest BCUT2D eigenvalue weighted by Crippen LogP contribution is -2.32. The number of rotatable bonds is 5. The van der Waals surface area contributed by atoms with Crippen LogP contribution in [0.15, 0.2) is 34.9 Å². The van der Waals surface area contributed by atoms with Crippen LogP contribution in [0.25, 0.3) is 0 Å². The molecule has 1 aromatic heterocycles. The number of hydrogen-bond acceptors (Lipinski definition) is 5. The highest BCUT2D eigenvalue weighted by Crippen LogP contribution is 2.20. The molecule has 3 rings (SSSR count). The Morgan fingerprint density at radius 2 is 2.18 bits per heavy atom. The van der Waals surface area contributed by atoms with Crippen LogP contribution in [0.5, 0.6) is 0 Å². The van der Waals surface area contributed by atoms with E-state index in [0.717, 1.165) is 25.2 Å². The molecule has 3 N–H and O–H groups in total. The summed E-state index contributed by atoms with van der Waals surface area (Å²) in [6, 6.07) is 9.30. The summed E-state index contributed by atoms with van der Waals surface area (Å²) in [5.74, 6) is -0.520. The average molecular weight is 301 g/mol. The second kappa shape index (κ2) is 6.29. The fraction of sp³-hybridized carbons (Fsp3) is 0.375. The van der Waals surface area contributed by atoms with Gasteiger partial charge in [0, 0.05) is 32.1 Å². The molecule has 22 heavy (non-hydrogen) atoms. The lowest BCUT2D eigenvalue weighted by molar-refractivity contribution is -0.138. The SMILES string of the molecule is N[C@@H](Cc1cc(CN2CCc3ccccc3C2)no1)C(=O)O. The second-order valence-electron chi connectivity index (χ2n) is 5.66. The summed E-state index contributed by atoms with van der Waals surface area (Å²) in [6.07, 6.45) is 1.19. The Hall–Kier alpha value is -2.18. The minimum Gasteiger partial charge on any atom is -0.480 e. The molecule has 1 aromatic carbocycles. The first-order chi connectivity index (χ1) is 10.6. The van der Waals surface area contributed by atoms with Gasteiger partial charge in [0.05, 0.1) is 5.69 Å². The fourth-order valence-electron chi connectivity index (χ4n) is 2.75. The molecule has 0 radical (unpaired) electrons. The molecular weight excluding hydrogens is 282 g/mol. The number of aromatic nitrogens is 1. The fourth-order valence-corrected chi connectivity index (χ4v) is 2.75. The molecule has 116 valence electrons. The number of fused-ring (bicyclic) bond motifs is 1. The van der Waals surface area contributed by atoms with Crippen molar-refractivity contribution in [2.75, 3.05) is 6.54 Å². The molecule has 0 unspecified atom stereocenters. The number of hydrogen-bond donors (Lipinski definition) is 2. The zero-order valence-corrected chi connectivity index (χ0v) is 12.2. The first kappa shape index (κ1) is 14.7. The van der Waals surface area contributed by atoms with Crippen molar-refractivity contribution in [2.45, 2.75) is 32.0 Å². The Morgan fingerprint density at radius 3 is 2.95 bits per heavy atom. The molecule has 0 saturated heterocycles. The van der Waals surface area contributed by atoms with Crippen molar-refractivity contribution < 1.29 is 14.4 Å². The van der Waals surface area contributed by atoms with E-state index >= 15 is 0 Å². The monoisotopic (exact) mass is 301 g/mol. The highest BCUT2D eigenvalue weighted by atomic mass is 16.5. The summed E-state index contributed by atoms with van der Waals surface area (Å²) >= 11 is 0. The first-order valence-corrected chi connectivity index (χ1v) is 7.34. The summed E-state index contributed by atoms with van der Waals surface area (Å²) in [5, 5.41) is 12.8. The van der Waals surface area contributed by atoms with Gasteiger partial charge in [0.25, 0.3) is 0 Å². The number of carboxylic acid groups (broad SMARTS) is 1. The number of nitrogens with two attached hydrogens (primary N) is 1. The Bertz CT molecular complexity index is 668. The maximum atomic E-state index is 10.7. The Balaban J connectivity index is 1.61. The summed E-state index contributed by atoms with van der Waals surface area (Å²) in [7, 11) is 0. The third-order valence-electron chi connectivity index (χ3n) is 3.94. The zero-order chi connectivity index (χ0) is 15.5. The van der Waals surface area contributed by atoms with Gasteiger partial charge in [-0.05, 0) is 17.5 Å². The van der Waals surface area contributed by atoms with E-state index in [2.05, 4.69) is 34.3 Å². The lowest BCUT2D eigenvalue weighted by atomic mass is 10.00. The smallest absolute Gasteiger partial charge is 0.320 e. The van der Waals surface area contributed by atoms with Crippen molar-refractivity contribution in [1.29, 1.82) is 0 Å². The normalized spacial score (nSPS) is 16.2. The zero-order valence-electron chi connectivity index (χ0n) is 12.2. The van der Waals surface area contributed by atoms with Gasteiger partial charge in [-0.25, -0.2) is 0 Å². The molecule has 0 saturated carbocycles. The highest BCUT2D eigenvalue weighted by Gasteiger charge is 2.19. The van der Waals surface area contributed by atoms with Crippen LogP contribution in [0.1, 0.15) is 22.6 Å². The Morgan fingerprint density at radius 1 is 1.41 bits per heavy atom. The van der Waals surface area contributed by atoms with Crippen LogP contribution in [0.3, 0.4) is 0 Å². The van der Waals surface area contributed by atoms with Gasteiger partial charge >= 0.3 is 5.97 Å². The van der Waals surface area contributed by atoms with Crippen molar-refractivity contribution >= 4 is 5.97 Å². The van der Waals surface area contributed by atoms with Crippen molar-refractivity contribution in [1.82, 2.24) is 10.1 Å². The van der Waals surface area contributed by atoms with Crippen LogP contribution in [-0.2, 0) is 30.7 Å². The van der Waals surface area contributed by atoms with Crippen LogP contribution in [0.4, 0.5) is 0 Å². The molecule has 1 aliphatic rings. The third-order valence-corrected chi connectivity index (χ3v) is 3.94. The van der Waals surface area contributed by atoms with Crippen molar-refractivity contribution in [3.05, 3.63) is 52.9 Å². The molecule has 2 heterocycles. The molecular formula is C16H19N3O3. The number of nitrogens with zero attached hydrogens (tertiary/aromatic N) is 2. The predicted molar refractivity (Wildman–Crippen MR) is 80.1 cm³/mol. The number of benzene rings is 1. The maximum absolute atomic E-state index is 10.7. The second-order valence-corrected chi connectivity index (χ2v) is 5.66. The number of aliphatic carboxylic acids is 1. The largest absolute Gasteiger partial charge is 0.480 e. The van der Waals surface area contributed by atoms with Crippen molar-refractivity contribution in [2.24, 2.45) is 5.73 Å². The molecule has 0 bridgehead atoms. The molecule has 2 aromatic rings.